The number of nitrogens with zero attached hydrogens (tertiary/aromatic N) is 2. The lowest BCUT2D eigenvalue weighted by Crippen LogP contribution is -2.01. The lowest BCUT2D eigenvalue weighted by atomic mass is 10.2. The first-order chi connectivity index (χ1) is 7.81. The molecular formula is C11H8FN3S. The molecule has 0 saturated heterocycles. The summed E-state index contributed by atoms with van der Waals surface area (Å²) in [6.07, 6.45) is 1.74. The van der Waals surface area contributed by atoms with Crippen molar-refractivity contribution in [3.63, 3.8) is 0 Å². The average molecular weight is 233 g/mol. The summed E-state index contributed by atoms with van der Waals surface area (Å²) in [4.78, 5) is 4.97. The average Bonchev–Trinajstić information content (AvgIpc) is 2.79. The number of benzene rings is 1. The third-order valence-corrected chi connectivity index (χ3v) is 2.84. The molecule has 16 heavy (non-hydrogen) atoms. The van der Waals surface area contributed by atoms with Crippen molar-refractivity contribution >= 4 is 17.0 Å². The Morgan fingerprint density at radius 3 is 3.06 bits per heavy atom. The summed E-state index contributed by atoms with van der Waals surface area (Å²) < 4.78 is 13.2. The molecule has 0 aliphatic rings. The Morgan fingerprint density at radius 2 is 2.38 bits per heavy atom. The maximum Gasteiger partial charge on any atom is 0.143 e. The fraction of sp³-hybridized carbons (Fsp3) is 0.0909. The van der Waals surface area contributed by atoms with Crippen LogP contribution in [0.5, 0.6) is 0 Å². The number of aromatic nitrogens is 1. The van der Waals surface area contributed by atoms with E-state index in [4.69, 9.17) is 5.26 Å². The van der Waals surface area contributed by atoms with Crippen molar-refractivity contribution in [1.29, 1.82) is 5.26 Å². The van der Waals surface area contributed by atoms with Gasteiger partial charge < -0.3 is 5.32 Å². The highest BCUT2D eigenvalue weighted by Gasteiger charge is 2.07. The number of thiazole rings is 1. The molecule has 0 unspecified atom stereocenters. The number of halogens is 1. The van der Waals surface area contributed by atoms with Crippen LogP contribution in [0.4, 0.5) is 10.1 Å². The minimum Gasteiger partial charge on any atom is -0.379 e. The van der Waals surface area contributed by atoms with Crippen LogP contribution in [0.25, 0.3) is 0 Å². The molecule has 0 aliphatic carbocycles. The van der Waals surface area contributed by atoms with E-state index in [0.717, 1.165) is 4.88 Å². The highest BCUT2D eigenvalue weighted by Crippen LogP contribution is 2.19. The van der Waals surface area contributed by atoms with E-state index in [-0.39, 0.29) is 5.56 Å². The molecule has 0 aliphatic heterocycles. The molecule has 1 heterocycles. The Bertz CT molecular complexity index is 517. The first kappa shape index (κ1) is 10.6. The van der Waals surface area contributed by atoms with Crippen LogP contribution in [0.15, 0.2) is 29.9 Å². The van der Waals surface area contributed by atoms with Gasteiger partial charge in [-0.3, -0.25) is 4.98 Å². The maximum atomic E-state index is 13.2. The highest BCUT2D eigenvalue weighted by atomic mass is 32.1. The summed E-state index contributed by atoms with van der Waals surface area (Å²) in [5.74, 6) is -0.503. The first-order valence-corrected chi connectivity index (χ1v) is 5.49. The van der Waals surface area contributed by atoms with E-state index in [2.05, 4.69) is 10.3 Å². The van der Waals surface area contributed by atoms with Gasteiger partial charge in [-0.05, 0) is 12.1 Å². The Hall–Kier alpha value is -1.93. The largest absolute Gasteiger partial charge is 0.379 e. The van der Waals surface area contributed by atoms with Crippen LogP contribution in [0, 0.1) is 17.1 Å². The van der Waals surface area contributed by atoms with Crippen LogP contribution < -0.4 is 5.32 Å². The fourth-order valence-corrected chi connectivity index (χ4v) is 1.83. The minimum absolute atomic E-state index is 0.0482. The van der Waals surface area contributed by atoms with Crippen LogP contribution in [0.3, 0.4) is 0 Å². The van der Waals surface area contributed by atoms with E-state index in [9.17, 15) is 4.39 Å². The zero-order chi connectivity index (χ0) is 11.4. The van der Waals surface area contributed by atoms with E-state index in [1.807, 2.05) is 6.07 Å². The van der Waals surface area contributed by atoms with Gasteiger partial charge in [0.15, 0.2) is 0 Å². The van der Waals surface area contributed by atoms with Crippen LogP contribution in [0.1, 0.15) is 10.4 Å². The van der Waals surface area contributed by atoms with Crippen molar-refractivity contribution in [1.82, 2.24) is 4.98 Å². The van der Waals surface area contributed by atoms with E-state index in [1.165, 1.54) is 17.4 Å². The second-order valence-electron chi connectivity index (χ2n) is 3.10. The van der Waals surface area contributed by atoms with Gasteiger partial charge in [0, 0.05) is 11.1 Å². The van der Waals surface area contributed by atoms with E-state index >= 15 is 0 Å². The molecule has 2 rings (SSSR count). The number of rotatable bonds is 3. The van der Waals surface area contributed by atoms with Gasteiger partial charge in [0.25, 0.3) is 0 Å². The Balaban J connectivity index is 2.16. The maximum absolute atomic E-state index is 13.2. The van der Waals surface area contributed by atoms with Gasteiger partial charge in [-0.25, -0.2) is 4.39 Å². The molecule has 3 nitrogen and oxygen atoms in total. The van der Waals surface area contributed by atoms with E-state index in [1.54, 1.807) is 23.8 Å². The lowest BCUT2D eigenvalue weighted by Gasteiger charge is -2.06. The van der Waals surface area contributed by atoms with Gasteiger partial charge in [-0.15, -0.1) is 11.3 Å². The molecule has 0 radical (unpaired) electrons. The monoisotopic (exact) mass is 233 g/mol. The van der Waals surface area contributed by atoms with Gasteiger partial charge in [0.1, 0.15) is 17.4 Å². The van der Waals surface area contributed by atoms with Crippen molar-refractivity contribution in [2.45, 2.75) is 6.54 Å². The zero-order valence-corrected chi connectivity index (χ0v) is 9.09. The Labute approximate surface area is 96.2 Å². The SMILES string of the molecule is N#Cc1c(F)cccc1NCc1cncs1. The molecule has 1 aromatic heterocycles. The van der Waals surface area contributed by atoms with Crippen molar-refractivity contribution in [2.24, 2.45) is 0 Å². The third kappa shape index (κ3) is 2.18. The molecule has 80 valence electrons. The molecule has 1 aromatic carbocycles. The van der Waals surface area contributed by atoms with Crippen molar-refractivity contribution in [2.75, 3.05) is 5.32 Å². The number of nitriles is 1. The first-order valence-electron chi connectivity index (χ1n) is 4.61. The molecule has 0 spiro atoms. The van der Waals surface area contributed by atoms with E-state index in [0.29, 0.717) is 12.2 Å². The second-order valence-corrected chi connectivity index (χ2v) is 4.07. The molecule has 0 saturated carbocycles. The topological polar surface area (TPSA) is 48.7 Å². The predicted octanol–water partition coefficient (Wildman–Crippen LogP) is 2.77. The van der Waals surface area contributed by atoms with Gasteiger partial charge >= 0.3 is 0 Å². The number of hydrogen-bond acceptors (Lipinski definition) is 4. The van der Waals surface area contributed by atoms with Gasteiger partial charge in [-0.2, -0.15) is 5.26 Å². The van der Waals surface area contributed by atoms with E-state index < -0.39 is 5.82 Å². The number of anilines is 1. The van der Waals surface area contributed by atoms with Crippen LogP contribution in [-0.2, 0) is 6.54 Å². The van der Waals surface area contributed by atoms with Crippen molar-refractivity contribution in [3.8, 4) is 6.07 Å². The Morgan fingerprint density at radius 1 is 1.50 bits per heavy atom. The summed E-state index contributed by atoms with van der Waals surface area (Å²) in [5.41, 5.74) is 2.29. The molecular weight excluding hydrogens is 225 g/mol. The normalized spacial score (nSPS) is 9.75. The van der Waals surface area contributed by atoms with Gasteiger partial charge in [0.2, 0.25) is 0 Å². The molecule has 0 amide bonds. The predicted molar refractivity (Wildman–Crippen MR) is 60.6 cm³/mol. The van der Waals surface area contributed by atoms with Gasteiger partial charge in [0.05, 0.1) is 17.7 Å². The Kier molecular flexibility index (Phi) is 3.13. The lowest BCUT2D eigenvalue weighted by molar-refractivity contribution is 0.624. The summed E-state index contributed by atoms with van der Waals surface area (Å²) in [7, 11) is 0. The van der Waals surface area contributed by atoms with Crippen LogP contribution >= 0.6 is 11.3 Å². The van der Waals surface area contributed by atoms with Crippen LogP contribution in [0.2, 0.25) is 0 Å². The highest BCUT2D eigenvalue weighted by molar-refractivity contribution is 7.09. The van der Waals surface area contributed by atoms with Crippen molar-refractivity contribution < 1.29 is 4.39 Å². The molecule has 0 fully saturated rings. The van der Waals surface area contributed by atoms with Gasteiger partial charge in [-0.1, -0.05) is 6.07 Å². The standard InChI is InChI=1S/C11H8FN3S/c12-10-2-1-3-11(9(10)4-13)15-6-8-5-14-7-16-8/h1-3,5,7,15H,6H2. The van der Waals surface area contributed by atoms with Crippen LogP contribution in [-0.4, -0.2) is 4.98 Å². The second kappa shape index (κ2) is 4.73. The summed E-state index contributed by atoms with van der Waals surface area (Å²) >= 11 is 1.51. The molecule has 1 N–H and O–H groups in total. The smallest absolute Gasteiger partial charge is 0.143 e. The minimum atomic E-state index is -0.503. The summed E-state index contributed by atoms with van der Waals surface area (Å²) in [6.45, 7) is 0.544. The number of nitrogens with one attached hydrogen (secondary N) is 1. The summed E-state index contributed by atoms with van der Waals surface area (Å²) in [5, 5.41) is 11.8. The number of hydrogen-bond donors (Lipinski definition) is 1. The molecule has 2 aromatic rings. The van der Waals surface area contributed by atoms with Crippen molar-refractivity contribution in [3.05, 3.63) is 46.2 Å². The molecule has 5 heteroatoms. The quantitative estimate of drug-likeness (QED) is 0.886. The fourth-order valence-electron chi connectivity index (χ4n) is 1.30. The third-order valence-electron chi connectivity index (χ3n) is 2.06. The zero-order valence-electron chi connectivity index (χ0n) is 8.27. The molecule has 0 bridgehead atoms. The molecule has 0 atom stereocenters. The summed E-state index contributed by atoms with van der Waals surface area (Å²) in [6, 6.07) is 6.38.